The van der Waals surface area contributed by atoms with Crippen LogP contribution in [-0.4, -0.2) is 75.6 Å². The molecule has 0 spiro atoms. The second-order valence-corrected chi connectivity index (χ2v) is 18.2. The Morgan fingerprint density at radius 1 is 0.542 bits per heavy atom. The Morgan fingerprint density at radius 3 is 1.49 bits per heavy atom. The summed E-state index contributed by atoms with van der Waals surface area (Å²) in [5.41, 5.74) is 0. The molecule has 0 aromatic rings. The van der Waals surface area contributed by atoms with Crippen molar-refractivity contribution < 1.29 is 37.3 Å². The molecule has 0 bridgehead atoms. The molecule has 0 saturated carbocycles. The van der Waals surface area contributed by atoms with E-state index in [1.54, 1.807) is 0 Å². The van der Waals surface area contributed by atoms with Gasteiger partial charge in [-0.25, -0.2) is 4.57 Å². The molecular formula is C50H91NO7P+. The Hall–Kier alpha value is -2.06. The molecule has 0 saturated heterocycles. The third-order valence-corrected chi connectivity index (χ3v) is 10.7. The van der Waals surface area contributed by atoms with E-state index >= 15 is 0 Å². The van der Waals surface area contributed by atoms with Crippen LogP contribution in [0.2, 0.25) is 0 Å². The van der Waals surface area contributed by atoms with Gasteiger partial charge in [-0.1, -0.05) is 164 Å². The zero-order valence-corrected chi connectivity index (χ0v) is 39.6. The topological polar surface area (TPSA) is 91.3 Å². The minimum atomic E-state index is -4.29. The Bertz CT molecular complexity index is 1170. The van der Waals surface area contributed by atoms with Gasteiger partial charge in [-0.15, -0.1) is 0 Å². The van der Waals surface area contributed by atoms with Crippen molar-refractivity contribution in [2.45, 2.75) is 187 Å². The van der Waals surface area contributed by atoms with E-state index < -0.39 is 13.9 Å². The lowest BCUT2D eigenvalue weighted by atomic mass is 10.1. The van der Waals surface area contributed by atoms with E-state index in [4.69, 9.17) is 18.5 Å². The van der Waals surface area contributed by atoms with E-state index in [2.05, 4.69) is 86.8 Å². The quantitative estimate of drug-likeness (QED) is 0.0215. The molecular weight excluding hydrogens is 758 g/mol. The predicted molar refractivity (Wildman–Crippen MR) is 252 cm³/mol. The number of phosphoric acid groups is 1. The van der Waals surface area contributed by atoms with Crippen molar-refractivity contribution in [1.82, 2.24) is 0 Å². The van der Waals surface area contributed by atoms with Crippen molar-refractivity contribution in [2.24, 2.45) is 0 Å². The molecule has 2 atom stereocenters. The average Bonchev–Trinajstić information content (AvgIpc) is 3.19. The van der Waals surface area contributed by atoms with Crippen molar-refractivity contribution in [3.05, 3.63) is 72.9 Å². The van der Waals surface area contributed by atoms with E-state index in [0.717, 1.165) is 89.9 Å². The molecule has 59 heavy (non-hydrogen) atoms. The number of nitrogens with zero attached hydrogens (tertiary/aromatic N) is 1. The highest BCUT2D eigenvalue weighted by atomic mass is 31.2. The second-order valence-electron chi connectivity index (χ2n) is 16.8. The number of likely N-dealkylation sites (N-methyl/N-ethyl adjacent to an activating group) is 1. The monoisotopic (exact) mass is 849 g/mol. The van der Waals surface area contributed by atoms with Crippen LogP contribution in [0.25, 0.3) is 0 Å². The summed E-state index contributed by atoms with van der Waals surface area (Å²) >= 11 is 0. The summed E-state index contributed by atoms with van der Waals surface area (Å²) in [6.45, 7) is 5.45. The molecule has 0 fully saturated rings. The molecule has 2 unspecified atom stereocenters. The first-order chi connectivity index (χ1) is 28.6. The van der Waals surface area contributed by atoms with E-state index in [1.165, 1.54) is 70.6 Å². The van der Waals surface area contributed by atoms with E-state index in [0.29, 0.717) is 24.1 Å². The van der Waals surface area contributed by atoms with Gasteiger partial charge in [-0.2, -0.15) is 0 Å². The Balaban J connectivity index is 4.24. The van der Waals surface area contributed by atoms with Crippen LogP contribution in [0.4, 0.5) is 0 Å². The van der Waals surface area contributed by atoms with Gasteiger partial charge in [0, 0.05) is 13.0 Å². The molecule has 9 heteroatoms. The van der Waals surface area contributed by atoms with Gasteiger partial charge < -0.3 is 18.9 Å². The van der Waals surface area contributed by atoms with Crippen molar-refractivity contribution in [1.29, 1.82) is 0 Å². The second kappa shape index (κ2) is 42.6. The summed E-state index contributed by atoms with van der Waals surface area (Å²) in [5.74, 6) is -0.330. The summed E-state index contributed by atoms with van der Waals surface area (Å²) in [4.78, 5) is 22.9. The third-order valence-electron chi connectivity index (χ3n) is 9.75. The first kappa shape index (κ1) is 56.9. The smallest absolute Gasteiger partial charge is 0.457 e. The zero-order valence-electron chi connectivity index (χ0n) is 38.7. The fraction of sp³-hybridized carbons (Fsp3) is 0.740. The number of ether oxygens (including phenoxy) is 2. The summed E-state index contributed by atoms with van der Waals surface area (Å²) < 4.78 is 35.0. The maximum Gasteiger partial charge on any atom is 0.472 e. The van der Waals surface area contributed by atoms with Crippen LogP contribution in [-0.2, 0) is 27.9 Å². The number of phosphoric ester groups is 1. The number of esters is 1. The van der Waals surface area contributed by atoms with Crippen LogP contribution < -0.4 is 0 Å². The fourth-order valence-corrected chi connectivity index (χ4v) is 6.84. The number of allylic oxidation sites excluding steroid dienone is 12. The summed E-state index contributed by atoms with van der Waals surface area (Å²) in [5, 5.41) is 0. The molecule has 0 aliphatic heterocycles. The molecule has 0 radical (unpaired) electrons. The average molecular weight is 849 g/mol. The molecule has 0 amide bonds. The van der Waals surface area contributed by atoms with Crippen molar-refractivity contribution in [3.8, 4) is 0 Å². The SMILES string of the molecule is CC/C=C\C/C=C\C/C=C\C/C=C\C/C=C\CCCCCCCCOCC(COP(=O)(O)OCC[N+](C)(C)C)OC(=O)CCCCCCC/C=C\CCCCCCCC. The molecule has 8 nitrogen and oxygen atoms in total. The number of hydrogen-bond acceptors (Lipinski definition) is 6. The van der Waals surface area contributed by atoms with Gasteiger partial charge in [0.05, 0.1) is 34.4 Å². The lowest BCUT2D eigenvalue weighted by Crippen LogP contribution is -2.37. The number of carbonyl (C=O) groups excluding carboxylic acids is 1. The summed E-state index contributed by atoms with van der Waals surface area (Å²) in [6, 6.07) is 0. The zero-order chi connectivity index (χ0) is 43.4. The van der Waals surface area contributed by atoms with E-state index in [1.807, 2.05) is 21.1 Å². The van der Waals surface area contributed by atoms with Gasteiger partial charge in [0.15, 0.2) is 0 Å². The van der Waals surface area contributed by atoms with Gasteiger partial charge in [-0.3, -0.25) is 13.8 Å². The molecule has 1 N–H and O–H groups in total. The first-order valence-electron chi connectivity index (χ1n) is 23.7. The highest BCUT2D eigenvalue weighted by molar-refractivity contribution is 7.47. The van der Waals surface area contributed by atoms with Crippen LogP contribution in [0.1, 0.15) is 181 Å². The van der Waals surface area contributed by atoms with Gasteiger partial charge in [-0.05, 0) is 83.5 Å². The normalized spacial score (nSPS) is 14.3. The maximum absolute atomic E-state index is 12.7. The van der Waals surface area contributed by atoms with Crippen molar-refractivity contribution in [2.75, 3.05) is 54.1 Å². The van der Waals surface area contributed by atoms with Gasteiger partial charge in [0.25, 0.3) is 0 Å². The maximum atomic E-state index is 12.7. The minimum Gasteiger partial charge on any atom is -0.457 e. The van der Waals surface area contributed by atoms with Gasteiger partial charge in [0.2, 0.25) is 0 Å². The summed E-state index contributed by atoms with van der Waals surface area (Å²) in [6.07, 6.45) is 55.1. The fourth-order valence-electron chi connectivity index (χ4n) is 6.10. The number of rotatable bonds is 43. The molecule has 0 aliphatic rings. The lowest BCUT2D eigenvalue weighted by molar-refractivity contribution is -0.870. The van der Waals surface area contributed by atoms with Crippen LogP contribution >= 0.6 is 7.82 Å². The molecule has 0 aromatic heterocycles. The van der Waals surface area contributed by atoms with E-state index in [-0.39, 0.29) is 25.8 Å². The van der Waals surface area contributed by atoms with Crippen molar-refractivity contribution in [3.63, 3.8) is 0 Å². The van der Waals surface area contributed by atoms with Crippen LogP contribution in [0.3, 0.4) is 0 Å². The first-order valence-corrected chi connectivity index (χ1v) is 25.2. The van der Waals surface area contributed by atoms with Gasteiger partial charge >= 0.3 is 13.8 Å². The molecule has 0 aromatic carbocycles. The van der Waals surface area contributed by atoms with Crippen LogP contribution in [0.5, 0.6) is 0 Å². The molecule has 0 aliphatic carbocycles. The number of unbranched alkanes of at least 4 members (excludes halogenated alkanes) is 17. The van der Waals surface area contributed by atoms with Crippen molar-refractivity contribution >= 4 is 13.8 Å². The molecule has 0 heterocycles. The highest BCUT2D eigenvalue weighted by Gasteiger charge is 2.26. The number of quaternary nitrogens is 1. The highest BCUT2D eigenvalue weighted by Crippen LogP contribution is 2.43. The third kappa shape index (κ3) is 46.9. The van der Waals surface area contributed by atoms with Crippen LogP contribution in [0.15, 0.2) is 72.9 Å². The van der Waals surface area contributed by atoms with Crippen LogP contribution in [0, 0.1) is 0 Å². The summed E-state index contributed by atoms with van der Waals surface area (Å²) in [7, 11) is 1.64. The lowest BCUT2D eigenvalue weighted by Gasteiger charge is -2.24. The number of carbonyl (C=O) groups is 1. The number of hydrogen-bond donors (Lipinski definition) is 1. The Kier molecular flexibility index (Phi) is 41.1. The van der Waals surface area contributed by atoms with E-state index in [9.17, 15) is 14.3 Å². The predicted octanol–water partition coefficient (Wildman–Crippen LogP) is 14.3. The minimum absolute atomic E-state index is 0.0805. The largest absolute Gasteiger partial charge is 0.472 e. The Labute approximate surface area is 363 Å². The van der Waals surface area contributed by atoms with Gasteiger partial charge in [0.1, 0.15) is 19.3 Å². The Morgan fingerprint density at radius 2 is 0.983 bits per heavy atom. The molecule has 342 valence electrons. The molecule has 0 rings (SSSR count). The standard InChI is InChI=1S/C50H90NO7P/c1-6-8-10-12-14-16-18-20-22-23-24-25-26-27-28-30-32-34-36-38-40-42-45-55-47-49(48-57-59(53,54)56-46-44-51(3,4)5)58-50(52)43-41-39-37-35-33-31-29-21-19-17-15-13-11-9-7-2/h8,10,14,16,20-22,24-25,27-29,49H,6-7,9,11-13,15,17-19,23,26,30-48H2,1-5H3/p+1/b10-8-,16-14-,22-20-,25-24-,28-27-,29-21-.